The number of hydrogen-bond acceptors (Lipinski definition) is 5. The van der Waals surface area contributed by atoms with Gasteiger partial charge in [0.05, 0.1) is 12.6 Å². The third-order valence-corrected chi connectivity index (χ3v) is 5.27. The maximum atomic E-state index is 5.85. The van der Waals surface area contributed by atoms with E-state index in [0.717, 1.165) is 64.1 Å². The number of hydrogen-bond donors (Lipinski definition) is 2. The molecule has 0 aliphatic carbocycles. The summed E-state index contributed by atoms with van der Waals surface area (Å²) in [5.74, 6) is 2.42. The van der Waals surface area contributed by atoms with Crippen LogP contribution in [-0.4, -0.2) is 74.9 Å². The highest BCUT2D eigenvalue weighted by Gasteiger charge is 2.18. The lowest BCUT2D eigenvalue weighted by Gasteiger charge is -2.34. The summed E-state index contributed by atoms with van der Waals surface area (Å²) in [5.41, 5.74) is 1.17. The maximum Gasteiger partial charge on any atom is 0.191 e. The molecule has 0 amide bonds. The molecule has 2 rings (SSSR count). The first-order chi connectivity index (χ1) is 14.0. The predicted molar refractivity (Wildman–Crippen MR) is 137 cm³/mol. The van der Waals surface area contributed by atoms with Gasteiger partial charge in [-0.3, -0.25) is 0 Å². The van der Waals surface area contributed by atoms with E-state index in [1.807, 2.05) is 12.3 Å². The van der Waals surface area contributed by atoms with Gasteiger partial charge < -0.3 is 25.2 Å². The van der Waals surface area contributed by atoms with Gasteiger partial charge in [0.25, 0.3) is 0 Å². The summed E-state index contributed by atoms with van der Waals surface area (Å²) in [4.78, 5) is 14.2. The van der Waals surface area contributed by atoms with Gasteiger partial charge in [-0.25, -0.2) is 9.98 Å². The Hall–Kier alpha value is -1.13. The van der Waals surface area contributed by atoms with Crippen molar-refractivity contribution in [3.63, 3.8) is 0 Å². The van der Waals surface area contributed by atoms with Crippen molar-refractivity contribution in [3.8, 4) is 0 Å². The first-order valence-corrected chi connectivity index (χ1v) is 11.1. The standard InChI is InChI=1S/C22H40N6O.HI/c1-6-23-22(25-12-10-20(18(3)4)29-7-2)26-17-19-9-8-11-24-21(19)28-15-13-27(5)14-16-28;/h8-9,11,18,20H,6-7,10,12-17H2,1-5H3,(H2,23,25,26);1H. The fraction of sp³-hybridized carbons (Fsp3) is 0.727. The maximum absolute atomic E-state index is 5.85. The number of pyridine rings is 1. The normalized spacial score (nSPS) is 16.3. The van der Waals surface area contributed by atoms with Gasteiger partial charge in [0.15, 0.2) is 5.96 Å². The number of nitrogens with zero attached hydrogens (tertiary/aromatic N) is 4. The Morgan fingerprint density at radius 3 is 2.57 bits per heavy atom. The van der Waals surface area contributed by atoms with Crippen LogP contribution in [0, 0.1) is 5.92 Å². The molecule has 7 nitrogen and oxygen atoms in total. The first-order valence-electron chi connectivity index (χ1n) is 11.1. The van der Waals surface area contributed by atoms with Crippen molar-refractivity contribution in [2.45, 2.75) is 46.8 Å². The molecule has 1 atom stereocenters. The molecule has 1 aromatic heterocycles. The van der Waals surface area contributed by atoms with E-state index in [-0.39, 0.29) is 30.1 Å². The molecule has 8 heteroatoms. The molecule has 1 aliphatic rings. The van der Waals surface area contributed by atoms with Gasteiger partial charge in [-0.05, 0) is 39.3 Å². The summed E-state index contributed by atoms with van der Waals surface area (Å²) < 4.78 is 5.85. The number of anilines is 1. The van der Waals surface area contributed by atoms with Crippen LogP contribution in [0.15, 0.2) is 23.3 Å². The van der Waals surface area contributed by atoms with Crippen LogP contribution in [0.4, 0.5) is 5.82 Å². The predicted octanol–water partition coefficient (Wildman–Crippen LogP) is 2.96. The average molecular weight is 533 g/mol. The van der Waals surface area contributed by atoms with Gasteiger partial charge >= 0.3 is 0 Å². The minimum absolute atomic E-state index is 0. The Balaban J connectivity index is 0.00000450. The number of halogens is 1. The zero-order valence-corrected chi connectivity index (χ0v) is 21.7. The van der Waals surface area contributed by atoms with E-state index in [2.05, 4.69) is 66.2 Å². The first kappa shape index (κ1) is 26.9. The fourth-order valence-electron chi connectivity index (χ4n) is 3.52. The number of guanidine groups is 1. The summed E-state index contributed by atoms with van der Waals surface area (Å²) in [6.45, 7) is 15.8. The molecule has 1 fully saturated rings. The molecule has 0 aromatic carbocycles. The number of aliphatic imine (C=N–C) groups is 1. The number of likely N-dealkylation sites (N-methyl/N-ethyl adjacent to an activating group) is 1. The summed E-state index contributed by atoms with van der Waals surface area (Å²) in [5, 5.41) is 6.81. The largest absolute Gasteiger partial charge is 0.378 e. The van der Waals surface area contributed by atoms with Gasteiger partial charge in [0.2, 0.25) is 0 Å². The molecular weight excluding hydrogens is 491 g/mol. The molecule has 0 radical (unpaired) electrons. The average Bonchev–Trinajstić information content (AvgIpc) is 2.72. The van der Waals surface area contributed by atoms with Crippen LogP contribution in [0.25, 0.3) is 0 Å². The molecule has 0 spiro atoms. The van der Waals surface area contributed by atoms with Crippen molar-refractivity contribution in [1.82, 2.24) is 20.5 Å². The summed E-state index contributed by atoms with van der Waals surface area (Å²) >= 11 is 0. The second-order valence-electron chi connectivity index (χ2n) is 7.92. The van der Waals surface area contributed by atoms with Crippen LogP contribution in [0.2, 0.25) is 0 Å². The van der Waals surface area contributed by atoms with Gasteiger partial charge in [-0.1, -0.05) is 19.9 Å². The van der Waals surface area contributed by atoms with Crippen LogP contribution in [-0.2, 0) is 11.3 Å². The van der Waals surface area contributed by atoms with Crippen molar-refractivity contribution in [1.29, 1.82) is 0 Å². The summed E-state index contributed by atoms with van der Waals surface area (Å²) in [7, 11) is 2.17. The molecular formula is C22H41IN6O. The van der Waals surface area contributed by atoms with Crippen LogP contribution in [0.5, 0.6) is 0 Å². The number of nitrogens with one attached hydrogen (secondary N) is 2. The molecule has 2 heterocycles. The topological polar surface area (TPSA) is 65.0 Å². The van der Waals surface area contributed by atoms with E-state index in [0.29, 0.717) is 12.5 Å². The smallest absolute Gasteiger partial charge is 0.191 e. The van der Waals surface area contributed by atoms with Crippen LogP contribution >= 0.6 is 24.0 Å². The second-order valence-corrected chi connectivity index (χ2v) is 7.92. The van der Waals surface area contributed by atoms with E-state index in [1.165, 1.54) is 5.56 Å². The van der Waals surface area contributed by atoms with Crippen LogP contribution in [0.1, 0.15) is 39.7 Å². The molecule has 1 saturated heterocycles. The minimum atomic E-state index is 0. The number of rotatable bonds is 10. The zero-order valence-electron chi connectivity index (χ0n) is 19.4. The molecule has 30 heavy (non-hydrogen) atoms. The van der Waals surface area contributed by atoms with Crippen molar-refractivity contribution in [2.24, 2.45) is 10.9 Å². The lowest BCUT2D eigenvalue weighted by atomic mass is 10.0. The van der Waals surface area contributed by atoms with Crippen molar-refractivity contribution in [3.05, 3.63) is 23.9 Å². The zero-order chi connectivity index (χ0) is 21.1. The van der Waals surface area contributed by atoms with E-state index >= 15 is 0 Å². The molecule has 1 unspecified atom stereocenters. The van der Waals surface area contributed by atoms with Crippen molar-refractivity contribution in [2.75, 3.05) is 57.8 Å². The Labute approximate surface area is 200 Å². The molecule has 1 aromatic rings. The monoisotopic (exact) mass is 532 g/mol. The van der Waals surface area contributed by atoms with E-state index < -0.39 is 0 Å². The number of piperazine rings is 1. The van der Waals surface area contributed by atoms with E-state index in [9.17, 15) is 0 Å². The van der Waals surface area contributed by atoms with Crippen molar-refractivity contribution >= 4 is 35.8 Å². The molecule has 2 N–H and O–H groups in total. The van der Waals surface area contributed by atoms with Gasteiger partial charge in [0, 0.05) is 57.6 Å². The van der Waals surface area contributed by atoms with Gasteiger partial charge in [-0.2, -0.15) is 0 Å². The molecule has 172 valence electrons. The number of ether oxygens (including phenoxy) is 1. The van der Waals surface area contributed by atoms with Gasteiger partial charge in [-0.15, -0.1) is 24.0 Å². The lowest BCUT2D eigenvalue weighted by Crippen LogP contribution is -2.45. The second kappa shape index (κ2) is 14.8. The molecule has 0 bridgehead atoms. The van der Waals surface area contributed by atoms with Crippen molar-refractivity contribution < 1.29 is 4.74 Å². The Morgan fingerprint density at radius 1 is 1.20 bits per heavy atom. The van der Waals surface area contributed by atoms with Gasteiger partial charge in [0.1, 0.15) is 5.82 Å². The number of aromatic nitrogens is 1. The SMILES string of the molecule is CCNC(=NCc1cccnc1N1CCN(C)CC1)NCCC(OCC)C(C)C.I. The minimum Gasteiger partial charge on any atom is -0.378 e. The highest BCUT2D eigenvalue weighted by Crippen LogP contribution is 2.19. The Morgan fingerprint density at radius 2 is 1.93 bits per heavy atom. The fourth-order valence-corrected chi connectivity index (χ4v) is 3.52. The Kier molecular flexibility index (Phi) is 13.3. The molecule has 1 aliphatic heterocycles. The molecule has 0 saturated carbocycles. The van der Waals surface area contributed by atoms with Crippen LogP contribution < -0.4 is 15.5 Å². The Bertz CT molecular complexity index is 619. The summed E-state index contributed by atoms with van der Waals surface area (Å²) in [6, 6.07) is 4.14. The quantitative estimate of drug-likeness (QED) is 0.275. The highest BCUT2D eigenvalue weighted by atomic mass is 127. The highest BCUT2D eigenvalue weighted by molar-refractivity contribution is 14.0. The summed E-state index contributed by atoms with van der Waals surface area (Å²) in [6.07, 6.45) is 3.12. The third kappa shape index (κ3) is 8.93. The van der Waals surface area contributed by atoms with E-state index in [4.69, 9.17) is 9.73 Å². The van der Waals surface area contributed by atoms with Crippen LogP contribution in [0.3, 0.4) is 0 Å². The third-order valence-electron chi connectivity index (χ3n) is 5.27. The van der Waals surface area contributed by atoms with E-state index in [1.54, 1.807) is 0 Å². The lowest BCUT2D eigenvalue weighted by molar-refractivity contribution is 0.0258.